The van der Waals surface area contributed by atoms with Crippen LogP contribution in [-0.4, -0.2) is 29.1 Å². The van der Waals surface area contributed by atoms with Crippen LogP contribution in [0.4, 0.5) is 0 Å². The summed E-state index contributed by atoms with van der Waals surface area (Å²) < 4.78 is 0. The second-order valence-electron chi connectivity index (χ2n) is 4.36. The van der Waals surface area contributed by atoms with E-state index in [0.29, 0.717) is 6.04 Å². The van der Waals surface area contributed by atoms with Gasteiger partial charge in [-0.3, -0.25) is 4.98 Å². The van der Waals surface area contributed by atoms with E-state index in [-0.39, 0.29) is 0 Å². The molecule has 2 nitrogen and oxygen atoms in total. The van der Waals surface area contributed by atoms with E-state index in [2.05, 4.69) is 42.8 Å². The molecule has 1 unspecified atom stereocenters. The minimum absolute atomic E-state index is 0.592. The molecular formula is C12H22N2S2. The van der Waals surface area contributed by atoms with Gasteiger partial charge in [-0.25, -0.2) is 0 Å². The number of likely N-dealkylation sites (N-methyl/N-ethyl adjacent to an activating group) is 1. The van der Waals surface area contributed by atoms with Crippen molar-refractivity contribution in [1.82, 2.24) is 10.3 Å². The molecule has 0 fully saturated rings. The van der Waals surface area contributed by atoms with Gasteiger partial charge in [-0.2, -0.15) is 11.8 Å². The highest BCUT2D eigenvalue weighted by molar-refractivity contribution is 7.99. The number of nitrogens with one attached hydrogen (secondary N) is 1. The van der Waals surface area contributed by atoms with Crippen LogP contribution in [0.3, 0.4) is 0 Å². The van der Waals surface area contributed by atoms with Gasteiger partial charge in [0.2, 0.25) is 0 Å². The summed E-state index contributed by atoms with van der Waals surface area (Å²) in [4.78, 5) is 5.51. The first-order chi connectivity index (χ1) is 7.72. The molecule has 0 amide bonds. The van der Waals surface area contributed by atoms with E-state index in [0.717, 1.165) is 18.9 Å². The Hall–Kier alpha value is -0.0600. The van der Waals surface area contributed by atoms with E-state index in [1.165, 1.54) is 16.4 Å². The molecule has 1 heterocycles. The highest BCUT2D eigenvalue weighted by Crippen LogP contribution is 2.14. The van der Waals surface area contributed by atoms with Crippen LogP contribution in [-0.2, 0) is 6.42 Å². The van der Waals surface area contributed by atoms with Crippen molar-refractivity contribution in [2.24, 2.45) is 5.92 Å². The van der Waals surface area contributed by atoms with Crippen molar-refractivity contribution in [3.05, 3.63) is 16.6 Å². The molecule has 1 N–H and O–H groups in total. The second kappa shape index (κ2) is 8.09. The average Bonchev–Trinajstić information content (AvgIpc) is 2.70. The van der Waals surface area contributed by atoms with Crippen LogP contribution in [0.5, 0.6) is 0 Å². The molecule has 0 radical (unpaired) electrons. The first-order valence-electron chi connectivity index (χ1n) is 5.90. The van der Waals surface area contributed by atoms with Crippen LogP contribution in [0.15, 0.2) is 11.7 Å². The monoisotopic (exact) mass is 258 g/mol. The molecule has 4 heteroatoms. The molecule has 0 aliphatic heterocycles. The molecule has 0 aliphatic carbocycles. The molecule has 0 saturated heterocycles. The molecule has 92 valence electrons. The minimum Gasteiger partial charge on any atom is -0.313 e. The number of hydrogen-bond acceptors (Lipinski definition) is 4. The number of hydrogen-bond donors (Lipinski definition) is 1. The lowest BCUT2D eigenvalue weighted by molar-refractivity contribution is 0.575. The summed E-state index contributed by atoms with van der Waals surface area (Å²) in [6, 6.07) is 0.592. The quantitative estimate of drug-likeness (QED) is 0.776. The molecular weight excluding hydrogens is 236 g/mol. The fraction of sp³-hybridized carbons (Fsp3) is 0.750. The third-order valence-corrected chi connectivity index (χ3v) is 4.54. The van der Waals surface area contributed by atoms with Crippen LogP contribution in [0.25, 0.3) is 0 Å². The Morgan fingerprint density at radius 2 is 2.25 bits per heavy atom. The lowest BCUT2D eigenvalue weighted by atomic mass is 10.2. The average molecular weight is 258 g/mol. The van der Waals surface area contributed by atoms with Gasteiger partial charge < -0.3 is 5.32 Å². The molecule has 0 spiro atoms. The van der Waals surface area contributed by atoms with Gasteiger partial charge in [0.1, 0.15) is 0 Å². The van der Waals surface area contributed by atoms with E-state index in [1.54, 1.807) is 11.3 Å². The maximum atomic E-state index is 4.13. The number of nitrogens with zero attached hydrogens (tertiary/aromatic N) is 1. The molecule has 0 bridgehead atoms. The molecule has 16 heavy (non-hydrogen) atoms. The Labute approximate surface area is 107 Å². The van der Waals surface area contributed by atoms with E-state index < -0.39 is 0 Å². The molecule has 0 saturated carbocycles. The number of rotatable bonds is 8. The van der Waals surface area contributed by atoms with Crippen molar-refractivity contribution >= 4 is 23.1 Å². The summed E-state index contributed by atoms with van der Waals surface area (Å²) in [6.07, 6.45) is 3.10. The number of aromatic nitrogens is 1. The first kappa shape index (κ1) is 14.0. The molecule has 1 rings (SSSR count). The third-order valence-electron chi connectivity index (χ3n) is 2.19. The summed E-state index contributed by atoms with van der Waals surface area (Å²) in [5.74, 6) is 3.24. The number of thioether (sulfide) groups is 1. The highest BCUT2D eigenvalue weighted by Gasteiger charge is 2.09. The predicted octanol–water partition coefficient (Wildman–Crippen LogP) is 3.05. The molecule has 0 aromatic carbocycles. The summed E-state index contributed by atoms with van der Waals surface area (Å²) in [7, 11) is 0. The molecule has 1 aromatic heterocycles. The van der Waals surface area contributed by atoms with Crippen molar-refractivity contribution in [1.29, 1.82) is 0 Å². The predicted molar refractivity (Wildman–Crippen MR) is 75.4 cm³/mol. The Kier molecular flexibility index (Phi) is 7.08. The smallest absolute Gasteiger partial charge is 0.0794 e. The molecule has 1 aromatic rings. The summed E-state index contributed by atoms with van der Waals surface area (Å²) in [5.41, 5.74) is 1.92. The largest absolute Gasteiger partial charge is 0.313 e. The van der Waals surface area contributed by atoms with Crippen LogP contribution in [0, 0.1) is 5.92 Å². The fourth-order valence-corrected chi connectivity index (χ4v) is 3.31. The van der Waals surface area contributed by atoms with Gasteiger partial charge in [0, 0.05) is 22.9 Å². The van der Waals surface area contributed by atoms with Crippen LogP contribution in [0.2, 0.25) is 0 Å². The zero-order chi connectivity index (χ0) is 11.8. The van der Waals surface area contributed by atoms with Gasteiger partial charge in [-0.15, -0.1) is 11.3 Å². The first-order valence-corrected chi connectivity index (χ1v) is 7.94. The van der Waals surface area contributed by atoms with Crippen molar-refractivity contribution in [3.63, 3.8) is 0 Å². The van der Waals surface area contributed by atoms with Gasteiger partial charge in [-0.05, 0) is 24.6 Å². The maximum Gasteiger partial charge on any atom is 0.0794 e. The zero-order valence-electron chi connectivity index (χ0n) is 10.4. The Morgan fingerprint density at radius 1 is 1.44 bits per heavy atom. The van der Waals surface area contributed by atoms with Gasteiger partial charge >= 0.3 is 0 Å². The third kappa shape index (κ3) is 5.87. The van der Waals surface area contributed by atoms with Crippen molar-refractivity contribution < 1.29 is 0 Å². The SMILES string of the molecule is CCNC(CSCC(C)C)Cc1cncs1. The van der Waals surface area contributed by atoms with Crippen LogP contribution < -0.4 is 5.32 Å². The lowest BCUT2D eigenvalue weighted by Crippen LogP contribution is -2.33. The Balaban J connectivity index is 2.29. The van der Waals surface area contributed by atoms with Crippen LogP contribution >= 0.6 is 23.1 Å². The topological polar surface area (TPSA) is 24.9 Å². The summed E-state index contributed by atoms with van der Waals surface area (Å²) in [5, 5.41) is 3.55. The van der Waals surface area contributed by atoms with Crippen molar-refractivity contribution in [2.45, 2.75) is 33.2 Å². The molecule has 0 aliphatic rings. The van der Waals surface area contributed by atoms with E-state index in [9.17, 15) is 0 Å². The Bertz CT molecular complexity index is 260. The van der Waals surface area contributed by atoms with E-state index in [4.69, 9.17) is 0 Å². The van der Waals surface area contributed by atoms with Gasteiger partial charge in [0.15, 0.2) is 0 Å². The maximum absolute atomic E-state index is 4.13. The van der Waals surface area contributed by atoms with Gasteiger partial charge in [0.05, 0.1) is 5.51 Å². The Morgan fingerprint density at radius 3 is 2.81 bits per heavy atom. The molecule has 1 atom stereocenters. The summed E-state index contributed by atoms with van der Waals surface area (Å²) in [6.45, 7) is 7.77. The minimum atomic E-state index is 0.592. The summed E-state index contributed by atoms with van der Waals surface area (Å²) >= 11 is 3.81. The van der Waals surface area contributed by atoms with Crippen molar-refractivity contribution in [2.75, 3.05) is 18.1 Å². The van der Waals surface area contributed by atoms with Gasteiger partial charge in [0.25, 0.3) is 0 Å². The highest BCUT2D eigenvalue weighted by atomic mass is 32.2. The van der Waals surface area contributed by atoms with Crippen LogP contribution in [0.1, 0.15) is 25.6 Å². The van der Waals surface area contributed by atoms with E-state index >= 15 is 0 Å². The standard InChI is InChI=1S/C12H22N2S2/c1-4-14-11(8-15-7-10(2)3)5-12-6-13-9-16-12/h6,9-11,14H,4-5,7-8H2,1-3H3. The fourth-order valence-electron chi connectivity index (χ4n) is 1.51. The zero-order valence-corrected chi connectivity index (χ0v) is 12.0. The normalized spacial score (nSPS) is 13.2. The lowest BCUT2D eigenvalue weighted by Gasteiger charge is -2.17. The number of thiazole rings is 1. The van der Waals surface area contributed by atoms with Crippen molar-refractivity contribution in [3.8, 4) is 0 Å². The van der Waals surface area contributed by atoms with Gasteiger partial charge in [-0.1, -0.05) is 20.8 Å². The second-order valence-corrected chi connectivity index (χ2v) is 6.40. The van der Waals surface area contributed by atoms with E-state index in [1.807, 2.05) is 11.7 Å².